The predicted octanol–water partition coefficient (Wildman–Crippen LogP) is 2.10. The van der Waals surface area contributed by atoms with Crippen molar-refractivity contribution in [2.45, 2.75) is 13.5 Å². The molecule has 0 aliphatic rings. The Labute approximate surface area is 118 Å². The maximum absolute atomic E-state index is 11.2. The van der Waals surface area contributed by atoms with Gasteiger partial charge in [0.15, 0.2) is 5.58 Å². The average Bonchev–Trinajstić information content (AvgIpc) is 2.93. The predicted molar refractivity (Wildman–Crippen MR) is 80.2 cm³/mol. The molecule has 3 rings (SSSR count). The Morgan fingerprint density at radius 1 is 1.50 bits per heavy atom. The highest BCUT2D eigenvalue weighted by Gasteiger charge is 2.12. The molecule has 0 radical (unpaired) electrons. The Balaban J connectivity index is 1.98. The van der Waals surface area contributed by atoms with Crippen LogP contribution in [-0.4, -0.2) is 17.0 Å². The second-order valence-electron chi connectivity index (χ2n) is 4.64. The normalized spacial score (nSPS) is 11.1. The van der Waals surface area contributed by atoms with E-state index in [-0.39, 0.29) is 0 Å². The van der Waals surface area contributed by atoms with Crippen LogP contribution < -0.4 is 16.4 Å². The second-order valence-corrected chi connectivity index (χ2v) is 5.58. The van der Waals surface area contributed by atoms with Gasteiger partial charge in [0.2, 0.25) is 0 Å². The van der Waals surface area contributed by atoms with Gasteiger partial charge in [0.05, 0.1) is 34.6 Å². The molecule has 3 aromatic rings. The second kappa shape index (κ2) is 4.68. The van der Waals surface area contributed by atoms with Crippen LogP contribution in [0.5, 0.6) is 0 Å². The summed E-state index contributed by atoms with van der Waals surface area (Å²) in [6.45, 7) is 2.70. The summed E-state index contributed by atoms with van der Waals surface area (Å²) >= 11 is 1.62. The molecule has 0 saturated heterocycles. The number of fused-ring (bicyclic) bond motifs is 1. The van der Waals surface area contributed by atoms with Gasteiger partial charge in [-0.3, -0.25) is 4.98 Å². The van der Waals surface area contributed by atoms with Crippen molar-refractivity contribution >= 4 is 33.8 Å². The standard InChI is InChI=1S/C13H14N4O2S/c1-7-12(20-6-15-7)5-17(2)10-4-9-11(3-8(10)14)19-13(18)16-9/h3-4,6H,5,14H2,1-2H3,(H,16,18). The number of H-pyrrole nitrogens is 1. The zero-order chi connectivity index (χ0) is 14.3. The lowest BCUT2D eigenvalue weighted by Gasteiger charge is -2.20. The maximum Gasteiger partial charge on any atom is 0.417 e. The minimum Gasteiger partial charge on any atom is -0.408 e. The summed E-state index contributed by atoms with van der Waals surface area (Å²) < 4.78 is 4.99. The van der Waals surface area contributed by atoms with Crippen LogP contribution in [0.3, 0.4) is 0 Å². The van der Waals surface area contributed by atoms with Crippen LogP contribution in [0.1, 0.15) is 10.6 Å². The van der Waals surface area contributed by atoms with Crippen molar-refractivity contribution in [3.63, 3.8) is 0 Å². The fraction of sp³-hybridized carbons (Fsp3) is 0.231. The van der Waals surface area contributed by atoms with Crippen molar-refractivity contribution in [3.8, 4) is 0 Å². The molecule has 0 aliphatic carbocycles. The van der Waals surface area contributed by atoms with Crippen molar-refractivity contribution in [1.29, 1.82) is 0 Å². The Kier molecular flexibility index (Phi) is 2.98. The summed E-state index contributed by atoms with van der Waals surface area (Å²) in [4.78, 5) is 21.3. The number of aromatic nitrogens is 2. The Morgan fingerprint density at radius 3 is 3.00 bits per heavy atom. The Bertz CT molecular complexity index is 817. The minimum atomic E-state index is -0.475. The number of nitrogen functional groups attached to an aromatic ring is 1. The Morgan fingerprint density at radius 2 is 2.30 bits per heavy atom. The van der Waals surface area contributed by atoms with Crippen LogP contribution in [-0.2, 0) is 6.54 Å². The highest BCUT2D eigenvalue weighted by Crippen LogP contribution is 2.29. The van der Waals surface area contributed by atoms with Crippen LogP contribution in [0.4, 0.5) is 11.4 Å². The van der Waals surface area contributed by atoms with Gasteiger partial charge in [0, 0.05) is 18.0 Å². The molecule has 0 bridgehead atoms. The third-order valence-electron chi connectivity index (χ3n) is 3.21. The molecule has 20 heavy (non-hydrogen) atoms. The first-order chi connectivity index (χ1) is 9.54. The highest BCUT2D eigenvalue weighted by molar-refractivity contribution is 7.09. The molecule has 104 valence electrons. The zero-order valence-electron chi connectivity index (χ0n) is 11.1. The van der Waals surface area contributed by atoms with E-state index in [9.17, 15) is 4.79 Å². The van der Waals surface area contributed by atoms with Gasteiger partial charge < -0.3 is 15.1 Å². The van der Waals surface area contributed by atoms with Crippen molar-refractivity contribution < 1.29 is 4.42 Å². The number of benzene rings is 1. The molecule has 0 aliphatic heterocycles. The number of aromatic amines is 1. The number of hydrogen-bond donors (Lipinski definition) is 2. The van der Waals surface area contributed by atoms with Gasteiger partial charge in [-0.05, 0) is 13.0 Å². The summed E-state index contributed by atoms with van der Waals surface area (Å²) in [5.74, 6) is -0.475. The van der Waals surface area contributed by atoms with E-state index < -0.39 is 5.76 Å². The largest absolute Gasteiger partial charge is 0.417 e. The van der Waals surface area contributed by atoms with Crippen molar-refractivity contribution in [2.24, 2.45) is 0 Å². The molecule has 0 atom stereocenters. The molecule has 0 spiro atoms. The first kappa shape index (κ1) is 12.7. The molecule has 6 nitrogen and oxygen atoms in total. The topological polar surface area (TPSA) is 88.2 Å². The number of nitrogens with one attached hydrogen (secondary N) is 1. The van der Waals surface area contributed by atoms with Crippen LogP contribution in [0.15, 0.2) is 26.9 Å². The minimum absolute atomic E-state index is 0.471. The molecule has 0 fully saturated rings. The van der Waals surface area contributed by atoms with Crippen molar-refractivity contribution in [2.75, 3.05) is 17.7 Å². The molecular formula is C13H14N4O2S. The van der Waals surface area contributed by atoms with Gasteiger partial charge in [-0.1, -0.05) is 0 Å². The molecule has 2 heterocycles. The molecule has 2 aromatic heterocycles. The third-order valence-corrected chi connectivity index (χ3v) is 4.12. The summed E-state index contributed by atoms with van der Waals surface area (Å²) in [5, 5.41) is 0. The van der Waals surface area contributed by atoms with E-state index in [1.807, 2.05) is 30.4 Å². The first-order valence-corrected chi connectivity index (χ1v) is 6.95. The van der Waals surface area contributed by atoms with Crippen molar-refractivity contribution in [1.82, 2.24) is 9.97 Å². The number of aryl methyl sites for hydroxylation is 1. The van der Waals surface area contributed by atoms with E-state index in [1.165, 1.54) is 4.88 Å². The number of hydrogen-bond acceptors (Lipinski definition) is 6. The summed E-state index contributed by atoms with van der Waals surface area (Å²) in [7, 11) is 1.95. The lowest BCUT2D eigenvalue weighted by atomic mass is 10.2. The monoisotopic (exact) mass is 290 g/mol. The highest BCUT2D eigenvalue weighted by atomic mass is 32.1. The van der Waals surface area contributed by atoms with E-state index in [0.717, 1.165) is 11.4 Å². The van der Waals surface area contributed by atoms with Gasteiger partial charge in [0.25, 0.3) is 0 Å². The molecular weight excluding hydrogens is 276 g/mol. The number of anilines is 2. The quantitative estimate of drug-likeness (QED) is 0.721. The van der Waals surface area contributed by atoms with Gasteiger partial charge in [-0.25, -0.2) is 9.78 Å². The van der Waals surface area contributed by atoms with Crippen molar-refractivity contribution in [3.05, 3.63) is 38.8 Å². The number of nitrogens with two attached hydrogens (primary N) is 1. The number of thiazole rings is 1. The molecule has 1 aromatic carbocycles. The van der Waals surface area contributed by atoms with E-state index in [0.29, 0.717) is 23.3 Å². The van der Waals surface area contributed by atoms with E-state index in [1.54, 1.807) is 17.4 Å². The number of oxazole rings is 1. The van der Waals surface area contributed by atoms with Crippen LogP contribution in [0.2, 0.25) is 0 Å². The van der Waals surface area contributed by atoms with Crippen LogP contribution in [0.25, 0.3) is 11.1 Å². The summed E-state index contributed by atoms with van der Waals surface area (Å²) in [6.07, 6.45) is 0. The van der Waals surface area contributed by atoms with E-state index in [4.69, 9.17) is 10.2 Å². The Hall–Kier alpha value is -2.28. The zero-order valence-corrected chi connectivity index (χ0v) is 12.0. The average molecular weight is 290 g/mol. The smallest absolute Gasteiger partial charge is 0.408 e. The summed E-state index contributed by atoms with van der Waals surface area (Å²) in [6, 6.07) is 3.49. The fourth-order valence-corrected chi connectivity index (χ4v) is 2.94. The van der Waals surface area contributed by atoms with Gasteiger partial charge in [-0.2, -0.15) is 0 Å². The fourth-order valence-electron chi connectivity index (χ4n) is 2.11. The molecule has 0 saturated carbocycles. The van der Waals surface area contributed by atoms with Gasteiger partial charge in [0.1, 0.15) is 0 Å². The third kappa shape index (κ3) is 2.16. The van der Waals surface area contributed by atoms with E-state index in [2.05, 4.69) is 9.97 Å². The molecule has 0 amide bonds. The first-order valence-electron chi connectivity index (χ1n) is 6.07. The molecule has 7 heteroatoms. The van der Waals surface area contributed by atoms with Gasteiger partial charge in [-0.15, -0.1) is 11.3 Å². The maximum atomic E-state index is 11.2. The molecule has 0 unspecified atom stereocenters. The lowest BCUT2D eigenvalue weighted by Crippen LogP contribution is -2.17. The summed E-state index contributed by atoms with van der Waals surface area (Å²) in [5.41, 5.74) is 11.4. The lowest BCUT2D eigenvalue weighted by molar-refractivity contribution is 0.555. The van der Waals surface area contributed by atoms with Crippen LogP contribution >= 0.6 is 11.3 Å². The van der Waals surface area contributed by atoms with Crippen LogP contribution in [0, 0.1) is 6.92 Å². The number of rotatable bonds is 3. The SMILES string of the molecule is Cc1ncsc1CN(C)c1cc2[nH]c(=O)oc2cc1N. The molecule has 3 N–H and O–H groups in total. The van der Waals surface area contributed by atoms with E-state index >= 15 is 0 Å². The van der Waals surface area contributed by atoms with Gasteiger partial charge >= 0.3 is 5.76 Å². The number of nitrogens with zero attached hydrogens (tertiary/aromatic N) is 2.